The molecule has 172 valence electrons. The fraction of sp³-hybridized carbons (Fsp3) is 0.185. The number of carbonyl (C=O) groups is 1. The van der Waals surface area contributed by atoms with Gasteiger partial charge in [-0.2, -0.15) is 0 Å². The van der Waals surface area contributed by atoms with Crippen LogP contribution < -0.4 is 10.6 Å². The standard InChI is InChI=1S/C27H26FN5O/c1-17-5-6-22(33-26(34)19-8-9-31-24(12-19)27(2,3)28)14-23(17)21-11-20(15-30-16-21)18-7-10-32-25(13-18)29-4/h5-16H,1-4H3,(H,29,32)(H,33,34). The van der Waals surface area contributed by atoms with Gasteiger partial charge >= 0.3 is 0 Å². The summed E-state index contributed by atoms with van der Waals surface area (Å²) in [5, 5.41) is 5.96. The third-order valence-corrected chi connectivity index (χ3v) is 5.53. The number of amides is 1. The summed E-state index contributed by atoms with van der Waals surface area (Å²) in [5.74, 6) is 0.449. The smallest absolute Gasteiger partial charge is 0.255 e. The summed E-state index contributed by atoms with van der Waals surface area (Å²) in [6, 6.07) is 14.7. The molecule has 1 aromatic carbocycles. The van der Waals surface area contributed by atoms with Gasteiger partial charge in [0.25, 0.3) is 5.91 Å². The molecular weight excluding hydrogens is 429 g/mol. The summed E-state index contributed by atoms with van der Waals surface area (Å²) in [6.07, 6.45) is 6.81. The first-order valence-corrected chi connectivity index (χ1v) is 10.9. The maximum Gasteiger partial charge on any atom is 0.255 e. The molecule has 0 saturated carbocycles. The predicted molar refractivity (Wildman–Crippen MR) is 134 cm³/mol. The van der Waals surface area contributed by atoms with Crippen molar-refractivity contribution in [2.45, 2.75) is 26.4 Å². The summed E-state index contributed by atoms with van der Waals surface area (Å²) in [5.41, 5.74) is 4.46. The zero-order chi connectivity index (χ0) is 24.3. The zero-order valence-corrected chi connectivity index (χ0v) is 19.6. The van der Waals surface area contributed by atoms with Crippen LogP contribution in [0.25, 0.3) is 22.3 Å². The lowest BCUT2D eigenvalue weighted by molar-refractivity contribution is 0.102. The first-order chi connectivity index (χ1) is 16.2. The maximum atomic E-state index is 14.3. The van der Waals surface area contributed by atoms with Crippen molar-refractivity contribution < 1.29 is 9.18 Å². The van der Waals surface area contributed by atoms with E-state index in [2.05, 4.69) is 31.7 Å². The van der Waals surface area contributed by atoms with Crippen molar-refractivity contribution in [3.05, 3.63) is 90.1 Å². The van der Waals surface area contributed by atoms with Crippen LogP contribution in [0.5, 0.6) is 0 Å². The van der Waals surface area contributed by atoms with Gasteiger partial charge in [0.2, 0.25) is 0 Å². The molecule has 6 nitrogen and oxygen atoms in total. The van der Waals surface area contributed by atoms with E-state index < -0.39 is 5.67 Å². The number of nitrogens with zero attached hydrogens (tertiary/aromatic N) is 3. The van der Waals surface area contributed by atoms with Crippen LogP contribution in [0, 0.1) is 6.92 Å². The van der Waals surface area contributed by atoms with Gasteiger partial charge < -0.3 is 10.6 Å². The number of benzene rings is 1. The number of halogens is 1. The first kappa shape index (κ1) is 23.0. The molecule has 1 amide bonds. The highest BCUT2D eigenvalue weighted by Crippen LogP contribution is 2.30. The Balaban J connectivity index is 1.63. The fourth-order valence-electron chi connectivity index (χ4n) is 3.60. The molecule has 0 aliphatic carbocycles. The molecule has 7 heteroatoms. The fourth-order valence-corrected chi connectivity index (χ4v) is 3.60. The molecule has 3 aromatic heterocycles. The van der Waals surface area contributed by atoms with Crippen molar-refractivity contribution in [3.63, 3.8) is 0 Å². The molecule has 0 aliphatic heterocycles. The molecule has 3 heterocycles. The summed E-state index contributed by atoms with van der Waals surface area (Å²) in [7, 11) is 1.83. The monoisotopic (exact) mass is 455 g/mol. The molecule has 0 unspecified atom stereocenters. The van der Waals surface area contributed by atoms with Crippen LogP contribution in [-0.4, -0.2) is 27.9 Å². The molecule has 4 aromatic rings. The normalized spacial score (nSPS) is 11.2. The number of hydrogen-bond donors (Lipinski definition) is 2. The number of carbonyl (C=O) groups excluding carboxylic acids is 1. The van der Waals surface area contributed by atoms with Crippen LogP contribution in [0.15, 0.2) is 73.3 Å². The van der Waals surface area contributed by atoms with Gasteiger partial charge in [-0.1, -0.05) is 6.07 Å². The SMILES string of the molecule is CNc1cc(-c2cncc(-c3cc(NC(=O)c4ccnc(C(C)(C)F)c4)ccc3C)c2)ccn1. The maximum absolute atomic E-state index is 14.3. The van der Waals surface area contributed by atoms with E-state index in [-0.39, 0.29) is 11.6 Å². The van der Waals surface area contributed by atoms with Crippen LogP contribution in [0.3, 0.4) is 0 Å². The van der Waals surface area contributed by atoms with E-state index in [1.54, 1.807) is 18.5 Å². The number of hydrogen-bond acceptors (Lipinski definition) is 5. The zero-order valence-electron chi connectivity index (χ0n) is 19.6. The summed E-state index contributed by atoms with van der Waals surface area (Å²) >= 11 is 0. The average molecular weight is 456 g/mol. The van der Waals surface area contributed by atoms with E-state index in [0.29, 0.717) is 11.3 Å². The Morgan fingerprint density at radius 3 is 2.44 bits per heavy atom. The molecule has 0 radical (unpaired) electrons. The number of nitrogens with one attached hydrogen (secondary N) is 2. The van der Waals surface area contributed by atoms with E-state index in [1.165, 1.54) is 26.1 Å². The average Bonchev–Trinajstić information content (AvgIpc) is 2.85. The van der Waals surface area contributed by atoms with Gasteiger partial charge in [-0.3, -0.25) is 14.8 Å². The van der Waals surface area contributed by atoms with Gasteiger partial charge in [0.15, 0.2) is 0 Å². The minimum absolute atomic E-state index is 0.213. The van der Waals surface area contributed by atoms with Crippen LogP contribution in [0.2, 0.25) is 0 Å². The first-order valence-electron chi connectivity index (χ1n) is 10.9. The number of anilines is 2. The number of rotatable bonds is 6. The van der Waals surface area contributed by atoms with Crippen molar-refractivity contribution in [2.75, 3.05) is 17.7 Å². The lowest BCUT2D eigenvalue weighted by atomic mass is 9.98. The van der Waals surface area contributed by atoms with E-state index in [0.717, 1.165) is 33.6 Å². The largest absolute Gasteiger partial charge is 0.373 e. The Morgan fingerprint density at radius 1 is 0.912 bits per heavy atom. The predicted octanol–water partition coefficient (Wildman–Crippen LogP) is 6.01. The third-order valence-electron chi connectivity index (χ3n) is 5.53. The molecule has 34 heavy (non-hydrogen) atoms. The Kier molecular flexibility index (Phi) is 6.36. The lowest BCUT2D eigenvalue weighted by Gasteiger charge is -2.15. The van der Waals surface area contributed by atoms with Crippen molar-refractivity contribution in [3.8, 4) is 22.3 Å². The quantitative estimate of drug-likeness (QED) is 0.372. The topological polar surface area (TPSA) is 79.8 Å². The van der Waals surface area contributed by atoms with Crippen LogP contribution >= 0.6 is 0 Å². The Hall–Kier alpha value is -4.13. The molecule has 0 fully saturated rings. The lowest BCUT2D eigenvalue weighted by Crippen LogP contribution is -2.16. The molecule has 2 N–H and O–H groups in total. The number of pyridine rings is 3. The van der Waals surface area contributed by atoms with Crippen molar-refractivity contribution >= 4 is 17.4 Å². The van der Waals surface area contributed by atoms with Gasteiger partial charge in [-0.05, 0) is 79.9 Å². The van der Waals surface area contributed by atoms with Gasteiger partial charge in [0.05, 0.1) is 5.69 Å². The Labute approximate surface area is 198 Å². The molecular formula is C27H26FN5O. The summed E-state index contributed by atoms with van der Waals surface area (Å²) in [4.78, 5) is 25.6. The van der Waals surface area contributed by atoms with Crippen molar-refractivity contribution in [1.82, 2.24) is 15.0 Å². The van der Waals surface area contributed by atoms with Crippen molar-refractivity contribution in [1.29, 1.82) is 0 Å². The van der Waals surface area contributed by atoms with E-state index in [4.69, 9.17) is 0 Å². The molecule has 4 rings (SSSR count). The highest BCUT2D eigenvalue weighted by molar-refractivity contribution is 6.04. The van der Waals surface area contributed by atoms with Crippen LogP contribution in [-0.2, 0) is 5.67 Å². The third kappa shape index (κ3) is 5.09. The molecule has 0 bridgehead atoms. The number of aryl methyl sites for hydroxylation is 1. The minimum atomic E-state index is -1.63. The summed E-state index contributed by atoms with van der Waals surface area (Å²) in [6.45, 7) is 4.84. The highest BCUT2D eigenvalue weighted by Gasteiger charge is 2.22. The minimum Gasteiger partial charge on any atom is -0.373 e. The van der Waals surface area contributed by atoms with E-state index in [9.17, 15) is 9.18 Å². The second-order valence-electron chi connectivity index (χ2n) is 8.53. The Bertz CT molecular complexity index is 1350. The summed E-state index contributed by atoms with van der Waals surface area (Å²) < 4.78 is 14.3. The Morgan fingerprint density at radius 2 is 1.68 bits per heavy atom. The molecule has 0 saturated heterocycles. The second-order valence-corrected chi connectivity index (χ2v) is 8.53. The van der Waals surface area contributed by atoms with Gasteiger partial charge in [-0.25, -0.2) is 9.37 Å². The van der Waals surface area contributed by atoms with Gasteiger partial charge in [-0.15, -0.1) is 0 Å². The van der Waals surface area contributed by atoms with Gasteiger partial charge in [0.1, 0.15) is 11.5 Å². The van der Waals surface area contributed by atoms with Crippen molar-refractivity contribution in [2.24, 2.45) is 0 Å². The van der Waals surface area contributed by atoms with Crippen LogP contribution in [0.4, 0.5) is 15.9 Å². The second kappa shape index (κ2) is 9.39. The molecule has 0 atom stereocenters. The van der Waals surface area contributed by atoms with Crippen LogP contribution in [0.1, 0.15) is 35.5 Å². The van der Waals surface area contributed by atoms with Gasteiger partial charge in [0, 0.05) is 54.2 Å². The molecule has 0 spiro atoms. The highest BCUT2D eigenvalue weighted by atomic mass is 19.1. The molecule has 0 aliphatic rings. The number of aromatic nitrogens is 3. The number of alkyl halides is 1. The van der Waals surface area contributed by atoms with E-state index >= 15 is 0 Å². The van der Waals surface area contributed by atoms with E-state index in [1.807, 2.05) is 50.5 Å².